The summed E-state index contributed by atoms with van der Waals surface area (Å²) >= 11 is 0. The van der Waals surface area contributed by atoms with Crippen LogP contribution in [0.3, 0.4) is 0 Å². The number of amides is 1. The SMILES string of the molecule is Cc1noc(C)c1CC(=O)NC[C@H]1CCN(c2ccccc2)C1. The van der Waals surface area contributed by atoms with Crippen molar-refractivity contribution in [2.24, 2.45) is 5.92 Å². The molecule has 0 saturated carbocycles. The van der Waals surface area contributed by atoms with Crippen LogP contribution in [0.25, 0.3) is 0 Å². The summed E-state index contributed by atoms with van der Waals surface area (Å²) in [6.45, 7) is 6.49. The van der Waals surface area contributed by atoms with Crippen molar-refractivity contribution in [2.75, 3.05) is 24.5 Å². The topological polar surface area (TPSA) is 58.4 Å². The zero-order valence-corrected chi connectivity index (χ0v) is 13.7. The Kier molecular flexibility index (Phi) is 4.65. The van der Waals surface area contributed by atoms with Crippen molar-refractivity contribution in [3.63, 3.8) is 0 Å². The molecule has 0 unspecified atom stereocenters. The van der Waals surface area contributed by atoms with E-state index in [9.17, 15) is 4.79 Å². The van der Waals surface area contributed by atoms with Crippen molar-refractivity contribution < 1.29 is 9.32 Å². The smallest absolute Gasteiger partial charge is 0.224 e. The summed E-state index contributed by atoms with van der Waals surface area (Å²) in [7, 11) is 0. The van der Waals surface area contributed by atoms with Crippen LogP contribution in [0.2, 0.25) is 0 Å². The number of aryl methyl sites for hydroxylation is 2. The number of carbonyl (C=O) groups excluding carboxylic acids is 1. The summed E-state index contributed by atoms with van der Waals surface area (Å²) in [5.74, 6) is 1.27. The fourth-order valence-corrected chi connectivity index (χ4v) is 3.11. The second-order valence-electron chi connectivity index (χ2n) is 6.22. The maximum absolute atomic E-state index is 12.1. The van der Waals surface area contributed by atoms with E-state index in [1.165, 1.54) is 5.69 Å². The molecule has 2 aromatic rings. The molecule has 1 aliphatic rings. The average Bonchev–Trinajstić information content (AvgIpc) is 3.16. The molecule has 1 N–H and O–H groups in total. The Morgan fingerprint density at radius 2 is 2.13 bits per heavy atom. The van der Waals surface area contributed by atoms with Crippen LogP contribution in [0, 0.1) is 19.8 Å². The lowest BCUT2D eigenvalue weighted by Gasteiger charge is -2.18. The molecule has 0 spiro atoms. The summed E-state index contributed by atoms with van der Waals surface area (Å²) in [6, 6.07) is 10.4. The first-order valence-corrected chi connectivity index (χ1v) is 8.12. The van der Waals surface area contributed by atoms with Gasteiger partial charge in [0.15, 0.2) is 0 Å². The predicted octanol–water partition coefficient (Wildman–Crippen LogP) is 2.48. The molecule has 0 radical (unpaired) electrons. The predicted molar refractivity (Wildman–Crippen MR) is 89.5 cm³/mol. The fourth-order valence-electron chi connectivity index (χ4n) is 3.11. The number of benzene rings is 1. The van der Waals surface area contributed by atoms with E-state index in [2.05, 4.69) is 39.6 Å². The van der Waals surface area contributed by atoms with Crippen LogP contribution in [-0.4, -0.2) is 30.7 Å². The molecular weight excluding hydrogens is 290 g/mol. The highest BCUT2D eigenvalue weighted by Gasteiger charge is 2.23. The molecule has 23 heavy (non-hydrogen) atoms. The zero-order chi connectivity index (χ0) is 16.2. The molecule has 1 aromatic carbocycles. The molecule has 5 heteroatoms. The summed E-state index contributed by atoms with van der Waals surface area (Å²) in [5, 5.41) is 6.94. The van der Waals surface area contributed by atoms with Crippen LogP contribution in [0.1, 0.15) is 23.4 Å². The van der Waals surface area contributed by atoms with Crippen LogP contribution in [-0.2, 0) is 11.2 Å². The molecule has 1 fully saturated rings. The first-order chi connectivity index (χ1) is 11.1. The van der Waals surface area contributed by atoms with Gasteiger partial charge in [-0.3, -0.25) is 4.79 Å². The van der Waals surface area contributed by atoms with Crippen molar-refractivity contribution in [3.8, 4) is 0 Å². The van der Waals surface area contributed by atoms with Crippen molar-refractivity contribution in [3.05, 3.63) is 47.3 Å². The van der Waals surface area contributed by atoms with Crippen molar-refractivity contribution >= 4 is 11.6 Å². The minimum absolute atomic E-state index is 0.0394. The van der Waals surface area contributed by atoms with E-state index in [1.807, 2.05) is 19.9 Å². The Balaban J connectivity index is 1.47. The van der Waals surface area contributed by atoms with Crippen LogP contribution < -0.4 is 10.2 Å². The Hall–Kier alpha value is -2.30. The van der Waals surface area contributed by atoms with E-state index < -0.39 is 0 Å². The molecule has 1 amide bonds. The molecule has 1 saturated heterocycles. The number of rotatable bonds is 5. The molecule has 0 bridgehead atoms. The normalized spacial score (nSPS) is 17.5. The van der Waals surface area contributed by atoms with Crippen molar-refractivity contribution in [2.45, 2.75) is 26.7 Å². The standard InChI is InChI=1S/C18H23N3O2/c1-13-17(14(2)23-20-13)10-18(22)19-11-15-8-9-21(12-15)16-6-4-3-5-7-16/h3-7,15H,8-12H2,1-2H3,(H,19,22)/t15-/m1/s1. The molecule has 1 aliphatic heterocycles. The maximum atomic E-state index is 12.1. The van der Waals surface area contributed by atoms with Crippen LogP contribution in [0.15, 0.2) is 34.9 Å². The van der Waals surface area contributed by atoms with Gasteiger partial charge < -0.3 is 14.7 Å². The third-order valence-corrected chi connectivity index (χ3v) is 4.51. The van der Waals surface area contributed by atoms with E-state index in [-0.39, 0.29) is 5.91 Å². The molecule has 1 atom stereocenters. The highest BCUT2D eigenvalue weighted by molar-refractivity contribution is 5.79. The minimum Gasteiger partial charge on any atom is -0.371 e. The van der Waals surface area contributed by atoms with Crippen molar-refractivity contribution in [1.29, 1.82) is 0 Å². The zero-order valence-electron chi connectivity index (χ0n) is 13.7. The third-order valence-electron chi connectivity index (χ3n) is 4.51. The number of carbonyl (C=O) groups is 1. The van der Waals surface area contributed by atoms with Gasteiger partial charge in [-0.1, -0.05) is 23.4 Å². The lowest BCUT2D eigenvalue weighted by Crippen LogP contribution is -2.32. The molecule has 122 valence electrons. The van der Waals surface area contributed by atoms with E-state index in [1.54, 1.807) is 0 Å². The third kappa shape index (κ3) is 3.73. The molecular formula is C18H23N3O2. The largest absolute Gasteiger partial charge is 0.371 e. The van der Waals surface area contributed by atoms with Gasteiger partial charge in [-0.05, 0) is 38.3 Å². The number of anilines is 1. The van der Waals surface area contributed by atoms with Gasteiger partial charge in [0.05, 0.1) is 12.1 Å². The Morgan fingerprint density at radius 3 is 2.83 bits per heavy atom. The minimum atomic E-state index is 0.0394. The van der Waals surface area contributed by atoms with Crippen molar-refractivity contribution in [1.82, 2.24) is 10.5 Å². The first-order valence-electron chi connectivity index (χ1n) is 8.12. The number of aromatic nitrogens is 1. The quantitative estimate of drug-likeness (QED) is 0.921. The fraction of sp³-hybridized carbons (Fsp3) is 0.444. The lowest BCUT2D eigenvalue weighted by atomic mass is 10.1. The Labute approximate surface area is 136 Å². The highest BCUT2D eigenvalue weighted by Crippen LogP contribution is 2.23. The second-order valence-corrected chi connectivity index (χ2v) is 6.22. The van der Waals surface area contributed by atoms with E-state index in [0.29, 0.717) is 12.3 Å². The van der Waals surface area contributed by atoms with Gasteiger partial charge in [0.2, 0.25) is 5.91 Å². The molecule has 2 heterocycles. The molecule has 3 rings (SSSR count). The van der Waals surface area contributed by atoms with E-state index >= 15 is 0 Å². The van der Waals surface area contributed by atoms with Gasteiger partial charge in [-0.15, -0.1) is 0 Å². The highest BCUT2D eigenvalue weighted by atomic mass is 16.5. The molecule has 0 aliphatic carbocycles. The van der Waals surface area contributed by atoms with Gasteiger partial charge in [-0.25, -0.2) is 0 Å². The van der Waals surface area contributed by atoms with Gasteiger partial charge in [0.1, 0.15) is 5.76 Å². The Morgan fingerprint density at radius 1 is 1.35 bits per heavy atom. The summed E-state index contributed by atoms with van der Waals surface area (Å²) in [4.78, 5) is 14.5. The molecule has 5 nitrogen and oxygen atoms in total. The molecule has 1 aromatic heterocycles. The van der Waals surface area contributed by atoms with Gasteiger partial charge in [0.25, 0.3) is 0 Å². The van der Waals surface area contributed by atoms with Gasteiger partial charge >= 0.3 is 0 Å². The number of hydrogen-bond acceptors (Lipinski definition) is 4. The second kappa shape index (κ2) is 6.86. The maximum Gasteiger partial charge on any atom is 0.224 e. The lowest BCUT2D eigenvalue weighted by molar-refractivity contribution is -0.120. The van der Waals surface area contributed by atoms with Crippen LogP contribution in [0.4, 0.5) is 5.69 Å². The van der Waals surface area contributed by atoms with Crippen LogP contribution in [0.5, 0.6) is 0 Å². The first kappa shape index (κ1) is 15.6. The average molecular weight is 313 g/mol. The number of nitrogens with zero attached hydrogens (tertiary/aromatic N) is 2. The Bertz CT molecular complexity index is 647. The number of para-hydroxylation sites is 1. The number of nitrogens with one attached hydrogen (secondary N) is 1. The van der Waals surface area contributed by atoms with Gasteiger partial charge in [0, 0.05) is 30.9 Å². The monoisotopic (exact) mass is 313 g/mol. The summed E-state index contributed by atoms with van der Waals surface area (Å²) in [5.41, 5.74) is 2.96. The van der Waals surface area contributed by atoms with Gasteiger partial charge in [-0.2, -0.15) is 0 Å². The number of hydrogen-bond donors (Lipinski definition) is 1. The summed E-state index contributed by atoms with van der Waals surface area (Å²) in [6.07, 6.45) is 1.46. The van der Waals surface area contributed by atoms with E-state index in [0.717, 1.165) is 43.1 Å². The van der Waals surface area contributed by atoms with Crippen LogP contribution >= 0.6 is 0 Å². The summed E-state index contributed by atoms with van der Waals surface area (Å²) < 4.78 is 5.10. The van der Waals surface area contributed by atoms with E-state index in [4.69, 9.17) is 4.52 Å².